The maximum absolute atomic E-state index is 7.28. The van der Waals surface area contributed by atoms with Crippen molar-refractivity contribution in [2.45, 2.75) is 45.6 Å². The van der Waals surface area contributed by atoms with Gasteiger partial charge in [-0.3, -0.25) is 9.80 Å². The van der Waals surface area contributed by atoms with Gasteiger partial charge in [-0.05, 0) is 53.6 Å². The first-order chi connectivity index (χ1) is 20.1. The van der Waals surface area contributed by atoms with E-state index in [9.17, 15) is 0 Å². The molecular weight excluding hydrogens is 512 g/mol. The Labute approximate surface area is 241 Å². The van der Waals surface area contributed by atoms with Crippen molar-refractivity contribution >= 4 is 5.69 Å². The fourth-order valence-electron chi connectivity index (χ4n) is 5.28. The van der Waals surface area contributed by atoms with Crippen molar-refractivity contribution in [3.63, 3.8) is 0 Å². The summed E-state index contributed by atoms with van der Waals surface area (Å²) < 4.78 is 12.2. The van der Waals surface area contributed by atoms with Crippen LogP contribution in [0.4, 0.5) is 5.69 Å². The lowest BCUT2D eigenvalue weighted by molar-refractivity contribution is 0.118. The third-order valence-corrected chi connectivity index (χ3v) is 7.77. The molecule has 41 heavy (non-hydrogen) atoms. The summed E-state index contributed by atoms with van der Waals surface area (Å²) >= 11 is 0. The first kappa shape index (κ1) is 26.9. The zero-order chi connectivity index (χ0) is 28.0. The molecule has 8 heteroatoms. The van der Waals surface area contributed by atoms with E-state index in [2.05, 4.69) is 79.0 Å². The molecule has 3 aromatic carbocycles. The van der Waals surface area contributed by atoms with Gasteiger partial charge in [0, 0.05) is 32.2 Å². The van der Waals surface area contributed by atoms with Crippen LogP contribution in [0.15, 0.2) is 72.8 Å². The second kappa shape index (κ2) is 12.5. The minimum absolute atomic E-state index is 0.226. The lowest BCUT2D eigenvalue weighted by atomic mass is 9.97. The first-order valence-corrected chi connectivity index (χ1v) is 14.2. The van der Waals surface area contributed by atoms with E-state index in [0.29, 0.717) is 24.7 Å². The number of ether oxygens (including phenoxy) is 2. The summed E-state index contributed by atoms with van der Waals surface area (Å²) in [4.78, 5) is 22.3. The number of hydrogen-bond donors (Lipinski definition) is 0. The van der Waals surface area contributed by atoms with Crippen LogP contribution < -0.4 is 9.47 Å². The quantitative estimate of drug-likeness (QED) is 0.232. The van der Waals surface area contributed by atoms with E-state index >= 15 is 0 Å². The summed E-state index contributed by atoms with van der Waals surface area (Å²) in [6.07, 6.45) is 2.67. The van der Waals surface area contributed by atoms with Gasteiger partial charge < -0.3 is 9.47 Å². The van der Waals surface area contributed by atoms with Crippen molar-refractivity contribution in [1.82, 2.24) is 24.8 Å². The number of benzene rings is 3. The van der Waals surface area contributed by atoms with Crippen LogP contribution in [0.3, 0.4) is 0 Å². The molecule has 2 aliphatic rings. The van der Waals surface area contributed by atoms with Crippen LogP contribution in [0, 0.1) is 13.5 Å². The fraction of sp³-hybridized carbons (Fsp3) is 0.333. The van der Waals surface area contributed by atoms with E-state index in [0.717, 1.165) is 48.9 Å². The molecule has 208 valence electrons. The molecule has 1 aliphatic heterocycles. The fourth-order valence-corrected chi connectivity index (χ4v) is 5.28. The van der Waals surface area contributed by atoms with Gasteiger partial charge in [-0.15, -0.1) is 4.98 Å². The molecule has 0 N–H and O–H groups in total. The van der Waals surface area contributed by atoms with Crippen molar-refractivity contribution in [1.29, 1.82) is 0 Å². The summed E-state index contributed by atoms with van der Waals surface area (Å²) in [5, 5.41) is 0. The highest BCUT2D eigenvalue weighted by molar-refractivity contribution is 5.68. The Morgan fingerprint density at radius 3 is 2.29 bits per heavy atom. The normalized spacial score (nSPS) is 15.8. The molecule has 6 rings (SSSR count). The van der Waals surface area contributed by atoms with Crippen molar-refractivity contribution < 1.29 is 9.47 Å². The molecular formula is C33H34N6O2. The number of rotatable bonds is 10. The number of piperazine rings is 1. The van der Waals surface area contributed by atoms with Gasteiger partial charge in [-0.25, -0.2) is 4.85 Å². The van der Waals surface area contributed by atoms with Crippen molar-refractivity contribution in [3.05, 3.63) is 107 Å². The molecule has 1 saturated carbocycles. The minimum atomic E-state index is 0.226. The van der Waals surface area contributed by atoms with Crippen molar-refractivity contribution in [2.75, 3.05) is 26.2 Å². The van der Waals surface area contributed by atoms with Crippen LogP contribution in [0.2, 0.25) is 0 Å². The molecule has 0 bridgehead atoms. The lowest BCUT2D eigenvalue weighted by Crippen LogP contribution is -2.46. The molecule has 0 atom stereocenters. The monoisotopic (exact) mass is 546 g/mol. The third kappa shape index (κ3) is 6.88. The summed E-state index contributed by atoms with van der Waals surface area (Å²) in [5.41, 5.74) is 6.05. The van der Waals surface area contributed by atoms with Crippen LogP contribution >= 0.6 is 0 Å². The van der Waals surface area contributed by atoms with Gasteiger partial charge in [0.25, 0.3) is 0 Å². The molecule has 2 fully saturated rings. The van der Waals surface area contributed by atoms with Gasteiger partial charge in [0.15, 0.2) is 11.5 Å². The molecule has 0 amide bonds. The standard InChI is InChI=1S/C33H34N6O2/c1-24-27(11-7-13-30(24)26-9-4-3-5-10-26)23-41-33-36-31(21-38-16-18-39(19-17-38)29-14-15-29)35-32(37-33)40-22-25-8-6-12-28(20-25)34-2/h3-13,20,29H,14-19,21-23H2,1H3. The summed E-state index contributed by atoms with van der Waals surface area (Å²) in [7, 11) is 0. The second-order valence-electron chi connectivity index (χ2n) is 10.7. The third-order valence-electron chi connectivity index (χ3n) is 7.77. The number of nitrogens with zero attached hydrogens (tertiary/aromatic N) is 6. The molecule has 0 unspecified atom stereocenters. The van der Waals surface area contributed by atoms with Crippen LogP contribution in [0.5, 0.6) is 12.0 Å². The van der Waals surface area contributed by atoms with Crippen LogP contribution in [0.25, 0.3) is 16.0 Å². The summed E-state index contributed by atoms with van der Waals surface area (Å²) in [5.74, 6) is 0.634. The van der Waals surface area contributed by atoms with Gasteiger partial charge in [0.1, 0.15) is 13.2 Å². The largest absolute Gasteiger partial charge is 0.458 e. The number of hydrogen-bond acceptors (Lipinski definition) is 7. The van der Waals surface area contributed by atoms with Gasteiger partial charge in [0.05, 0.1) is 13.1 Å². The first-order valence-electron chi connectivity index (χ1n) is 14.2. The molecule has 4 aromatic rings. The highest BCUT2D eigenvalue weighted by atomic mass is 16.5. The Bertz CT molecular complexity index is 1520. The molecule has 1 aliphatic carbocycles. The molecule has 8 nitrogen and oxygen atoms in total. The SMILES string of the molecule is [C-]#[N+]c1cccc(COc2nc(CN3CCN(C4CC4)CC3)nc(OCc3cccc(-c4ccccc4)c3C)n2)c1. The molecule has 0 spiro atoms. The van der Waals surface area contributed by atoms with Crippen LogP contribution in [-0.2, 0) is 19.8 Å². The van der Waals surface area contributed by atoms with Crippen LogP contribution in [0.1, 0.15) is 35.4 Å². The maximum atomic E-state index is 7.28. The number of aromatic nitrogens is 3. The Morgan fingerprint density at radius 1 is 0.829 bits per heavy atom. The summed E-state index contributed by atoms with van der Waals surface area (Å²) in [6.45, 7) is 14.7. The highest BCUT2D eigenvalue weighted by Crippen LogP contribution is 2.28. The van der Waals surface area contributed by atoms with Crippen LogP contribution in [-0.4, -0.2) is 57.0 Å². The molecule has 0 radical (unpaired) electrons. The molecule has 1 aromatic heterocycles. The lowest BCUT2D eigenvalue weighted by Gasteiger charge is -2.34. The van der Waals surface area contributed by atoms with E-state index in [1.165, 1.54) is 24.0 Å². The molecule has 1 saturated heterocycles. The Balaban J connectivity index is 1.19. The average Bonchev–Trinajstić information content (AvgIpc) is 3.86. The van der Waals surface area contributed by atoms with E-state index < -0.39 is 0 Å². The van der Waals surface area contributed by atoms with Gasteiger partial charge in [-0.2, -0.15) is 9.97 Å². The predicted octanol–water partition coefficient (Wildman–Crippen LogP) is 5.84. The van der Waals surface area contributed by atoms with Crippen molar-refractivity contribution in [3.8, 4) is 23.1 Å². The van der Waals surface area contributed by atoms with Gasteiger partial charge in [-0.1, -0.05) is 66.7 Å². The Kier molecular flexibility index (Phi) is 8.17. The zero-order valence-electron chi connectivity index (χ0n) is 23.4. The smallest absolute Gasteiger partial charge is 0.323 e. The Hall–Kier alpha value is -4.32. The van der Waals surface area contributed by atoms with Crippen molar-refractivity contribution in [2.24, 2.45) is 0 Å². The average molecular weight is 547 g/mol. The van der Waals surface area contributed by atoms with Gasteiger partial charge in [0.2, 0.25) is 0 Å². The van der Waals surface area contributed by atoms with E-state index in [4.69, 9.17) is 16.0 Å². The second-order valence-corrected chi connectivity index (χ2v) is 10.7. The zero-order valence-corrected chi connectivity index (χ0v) is 23.4. The topological polar surface area (TPSA) is 68.0 Å². The maximum Gasteiger partial charge on any atom is 0.323 e. The van der Waals surface area contributed by atoms with E-state index in [1.807, 2.05) is 24.3 Å². The van der Waals surface area contributed by atoms with E-state index in [-0.39, 0.29) is 18.6 Å². The van der Waals surface area contributed by atoms with Gasteiger partial charge >= 0.3 is 12.0 Å². The minimum Gasteiger partial charge on any atom is -0.458 e. The summed E-state index contributed by atoms with van der Waals surface area (Å²) in [6, 6.07) is 25.3. The van der Waals surface area contributed by atoms with E-state index in [1.54, 1.807) is 6.07 Å². The molecule has 2 heterocycles. The Morgan fingerprint density at radius 2 is 1.56 bits per heavy atom. The highest BCUT2D eigenvalue weighted by Gasteiger charge is 2.31. The predicted molar refractivity (Wildman–Crippen MR) is 158 cm³/mol.